The zero-order chi connectivity index (χ0) is 11.4. The van der Waals surface area contributed by atoms with E-state index in [2.05, 4.69) is 23.0 Å². The fraction of sp³-hybridized carbons (Fsp3) is 0.727. The van der Waals surface area contributed by atoms with Crippen LogP contribution in [0.2, 0.25) is 0 Å². The van der Waals surface area contributed by atoms with Crippen LogP contribution in [0.1, 0.15) is 12.6 Å². The Kier molecular flexibility index (Phi) is 3.93. The molecule has 0 bridgehead atoms. The van der Waals surface area contributed by atoms with E-state index in [-0.39, 0.29) is 0 Å². The lowest BCUT2D eigenvalue weighted by Gasteiger charge is -2.32. The van der Waals surface area contributed by atoms with Gasteiger partial charge in [-0.25, -0.2) is 4.98 Å². The van der Waals surface area contributed by atoms with E-state index in [4.69, 9.17) is 10.5 Å². The average Bonchev–Trinajstić information content (AvgIpc) is 2.70. The molecule has 90 valence electrons. The fourth-order valence-electron chi connectivity index (χ4n) is 1.96. The highest BCUT2D eigenvalue weighted by Gasteiger charge is 2.19. The van der Waals surface area contributed by atoms with Gasteiger partial charge in [-0.3, -0.25) is 4.90 Å². The number of imidazole rings is 1. The number of aromatic nitrogens is 2. The Balaban J connectivity index is 1.91. The molecule has 1 aromatic heterocycles. The number of ether oxygens (including phenoxy) is 1. The van der Waals surface area contributed by atoms with E-state index in [1.165, 1.54) is 0 Å². The van der Waals surface area contributed by atoms with Crippen molar-refractivity contribution in [2.24, 2.45) is 5.73 Å². The number of nitrogens with two attached hydrogens (primary N) is 1. The van der Waals surface area contributed by atoms with Crippen molar-refractivity contribution < 1.29 is 4.74 Å². The molecule has 0 aliphatic carbocycles. The summed E-state index contributed by atoms with van der Waals surface area (Å²) in [6, 6.07) is 0.480. The molecule has 0 spiro atoms. The minimum absolute atomic E-state index is 0.480. The van der Waals surface area contributed by atoms with Crippen LogP contribution in [0.5, 0.6) is 0 Å². The lowest BCUT2D eigenvalue weighted by atomic mass is 10.2. The van der Waals surface area contributed by atoms with Crippen molar-refractivity contribution in [3.63, 3.8) is 0 Å². The van der Waals surface area contributed by atoms with Crippen LogP contribution in [-0.4, -0.2) is 46.8 Å². The number of hydrogen-bond acceptors (Lipinski definition) is 4. The van der Waals surface area contributed by atoms with Gasteiger partial charge >= 0.3 is 0 Å². The molecule has 0 amide bonds. The van der Waals surface area contributed by atoms with Crippen LogP contribution >= 0.6 is 0 Å². The number of hydrogen-bond donors (Lipinski definition) is 1. The summed E-state index contributed by atoms with van der Waals surface area (Å²) in [7, 11) is 0. The van der Waals surface area contributed by atoms with E-state index in [9.17, 15) is 0 Å². The summed E-state index contributed by atoms with van der Waals surface area (Å²) in [5, 5.41) is 0. The molecule has 1 unspecified atom stereocenters. The number of nitrogens with zero attached hydrogens (tertiary/aromatic N) is 3. The molecule has 1 fully saturated rings. The summed E-state index contributed by atoms with van der Waals surface area (Å²) in [5.74, 6) is 0. The van der Waals surface area contributed by atoms with Gasteiger partial charge in [0.1, 0.15) is 0 Å². The van der Waals surface area contributed by atoms with Crippen molar-refractivity contribution >= 4 is 0 Å². The van der Waals surface area contributed by atoms with Crippen molar-refractivity contribution in [2.75, 3.05) is 26.3 Å². The molecule has 1 atom stereocenters. The maximum Gasteiger partial charge on any atom is 0.0950 e. The quantitative estimate of drug-likeness (QED) is 0.786. The highest BCUT2D eigenvalue weighted by Crippen LogP contribution is 2.10. The van der Waals surface area contributed by atoms with Gasteiger partial charge in [-0.15, -0.1) is 0 Å². The van der Waals surface area contributed by atoms with Crippen LogP contribution in [0.3, 0.4) is 0 Å². The maximum absolute atomic E-state index is 5.50. The summed E-state index contributed by atoms with van der Waals surface area (Å²) < 4.78 is 7.45. The molecule has 5 nitrogen and oxygen atoms in total. The van der Waals surface area contributed by atoms with Crippen LogP contribution < -0.4 is 5.73 Å². The van der Waals surface area contributed by atoms with E-state index < -0.39 is 0 Å². The van der Waals surface area contributed by atoms with E-state index in [0.717, 1.165) is 38.5 Å². The van der Waals surface area contributed by atoms with Gasteiger partial charge in [0.25, 0.3) is 0 Å². The lowest BCUT2D eigenvalue weighted by molar-refractivity contribution is -0.00487. The molecular weight excluding hydrogens is 204 g/mol. The van der Waals surface area contributed by atoms with Crippen molar-refractivity contribution in [2.45, 2.75) is 26.1 Å². The summed E-state index contributed by atoms with van der Waals surface area (Å²) in [4.78, 5) is 6.79. The molecule has 1 aliphatic rings. The predicted molar refractivity (Wildman–Crippen MR) is 62.0 cm³/mol. The predicted octanol–water partition coefficient (Wildman–Crippen LogP) is 0.0625. The van der Waals surface area contributed by atoms with Crippen molar-refractivity contribution in [3.8, 4) is 0 Å². The standard InChI is InChI=1S/C11H20N4O/c1-10-8-16-5-4-15(10)7-11-6-14(3-2-12)9-13-11/h6,9-10H,2-5,7-8,12H2,1H3. The Morgan fingerprint density at radius 3 is 3.25 bits per heavy atom. The van der Waals surface area contributed by atoms with Gasteiger partial charge in [0.2, 0.25) is 0 Å². The number of rotatable bonds is 4. The highest BCUT2D eigenvalue weighted by molar-refractivity contribution is 4.97. The Morgan fingerprint density at radius 2 is 2.50 bits per heavy atom. The van der Waals surface area contributed by atoms with Crippen LogP contribution in [0.25, 0.3) is 0 Å². The third kappa shape index (κ3) is 2.81. The summed E-state index contributed by atoms with van der Waals surface area (Å²) in [6.45, 7) is 7.23. The fourth-order valence-corrected chi connectivity index (χ4v) is 1.96. The second kappa shape index (κ2) is 5.43. The van der Waals surface area contributed by atoms with E-state index in [0.29, 0.717) is 12.6 Å². The zero-order valence-corrected chi connectivity index (χ0v) is 9.80. The van der Waals surface area contributed by atoms with Gasteiger partial charge < -0.3 is 15.0 Å². The Hall–Kier alpha value is -0.910. The van der Waals surface area contributed by atoms with Crippen LogP contribution in [0.15, 0.2) is 12.5 Å². The molecular formula is C11H20N4O. The van der Waals surface area contributed by atoms with Crippen LogP contribution in [0.4, 0.5) is 0 Å². The maximum atomic E-state index is 5.50. The SMILES string of the molecule is CC1COCCN1Cc1cn(CCN)cn1. The smallest absolute Gasteiger partial charge is 0.0950 e. The first-order valence-corrected chi connectivity index (χ1v) is 5.82. The Morgan fingerprint density at radius 1 is 1.62 bits per heavy atom. The van der Waals surface area contributed by atoms with Gasteiger partial charge in [-0.2, -0.15) is 0 Å². The van der Waals surface area contributed by atoms with E-state index in [1.807, 2.05) is 10.9 Å². The topological polar surface area (TPSA) is 56.3 Å². The Bertz CT molecular complexity index is 326. The first-order chi connectivity index (χ1) is 7.79. The van der Waals surface area contributed by atoms with Crippen molar-refractivity contribution in [3.05, 3.63) is 18.2 Å². The van der Waals surface area contributed by atoms with Gasteiger partial charge in [0, 0.05) is 38.4 Å². The molecule has 0 saturated carbocycles. The summed E-state index contributed by atoms with van der Waals surface area (Å²) in [5.41, 5.74) is 6.61. The zero-order valence-electron chi connectivity index (χ0n) is 9.80. The minimum atomic E-state index is 0.480. The largest absolute Gasteiger partial charge is 0.379 e. The van der Waals surface area contributed by atoms with Crippen LogP contribution in [-0.2, 0) is 17.8 Å². The second-order valence-electron chi connectivity index (χ2n) is 4.29. The molecule has 1 saturated heterocycles. The van der Waals surface area contributed by atoms with Gasteiger partial charge in [0.05, 0.1) is 25.2 Å². The van der Waals surface area contributed by atoms with E-state index in [1.54, 1.807) is 0 Å². The summed E-state index contributed by atoms with van der Waals surface area (Å²) in [6.07, 6.45) is 3.93. The normalized spacial score (nSPS) is 22.5. The first kappa shape index (κ1) is 11.6. The molecule has 2 heterocycles. The molecule has 0 aromatic carbocycles. The minimum Gasteiger partial charge on any atom is -0.379 e. The molecule has 2 rings (SSSR count). The summed E-state index contributed by atoms with van der Waals surface area (Å²) >= 11 is 0. The molecule has 1 aromatic rings. The molecule has 16 heavy (non-hydrogen) atoms. The van der Waals surface area contributed by atoms with Gasteiger partial charge in [0.15, 0.2) is 0 Å². The molecule has 1 aliphatic heterocycles. The third-order valence-electron chi connectivity index (χ3n) is 2.94. The molecule has 0 radical (unpaired) electrons. The molecule has 2 N–H and O–H groups in total. The monoisotopic (exact) mass is 224 g/mol. The highest BCUT2D eigenvalue weighted by atomic mass is 16.5. The third-order valence-corrected chi connectivity index (χ3v) is 2.94. The van der Waals surface area contributed by atoms with E-state index >= 15 is 0 Å². The Labute approximate surface area is 96.2 Å². The first-order valence-electron chi connectivity index (χ1n) is 5.82. The van der Waals surface area contributed by atoms with Crippen LogP contribution in [0, 0.1) is 0 Å². The van der Waals surface area contributed by atoms with Crippen molar-refractivity contribution in [1.29, 1.82) is 0 Å². The van der Waals surface area contributed by atoms with Gasteiger partial charge in [-0.05, 0) is 6.92 Å². The van der Waals surface area contributed by atoms with Crippen molar-refractivity contribution in [1.82, 2.24) is 14.5 Å². The number of morpholine rings is 1. The molecule has 5 heteroatoms. The second-order valence-corrected chi connectivity index (χ2v) is 4.29. The van der Waals surface area contributed by atoms with Gasteiger partial charge in [-0.1, -0.05) is 0 Å². The lowest BCUT2D eigenvalue weighted by Crippen LogP contribution is -2.42. The average molecular weight is 224 g/mol.